The summed E-state index contributed by atoms with van der Waals surface area (Å²) in [6, 6.07) is 17.4. The van der Waals surface area contributed by atoms with Crippen LogP contribution in [-0.4, -0.2) is 35.6 Å². The largest absolute Gasteiger partial charge is 0.322 e. The quantitative estimate of drug-likeness (QED) is 0.442. The standard InChI is InChI=1S/C25H23FN4O3S/c1-16-17(2)28-24-22(13-19(26)14-23(24)27-16)25(31)29-20-9-11-21(12-10-20)34(32,33)30(3)15-18-7-5-4-6-8-18/h4-14H,15H2,1-3H3,(H,29,31). The second-order valence-electron chi connectivity index (χ2n) is 7.94. The van der Waals surface area contributed by atoms with Gasteiger partial charge in [-0.05, 0) is 49.7 Å². The lowest BCUT2D eigenvalue weighted by molar-refractivity contribution is 0.102. The van der Waals surface area contributed by atoms with E-state index < -0.39 is 21.7 Å². The topological polar surface area (TPSA) is 92.3 Å². The molecule has 1 heterocycles. The predicted molar refractivity (Wildman–Crippen MR) is 128 cm³/mol. The molecule has 0 saturated carbocycles. The molecule has 0 aliphatic rings. The summed E-state index contributed by atoms with van der Waals surface area (Å²) < 4.78 is 41.2. The van der Waals surface area contributed by atoms with Gasteiger partial charge in [-0.2, -0.15) is 4.31 Å². The normalized spacial score (nSPS) is 11.7. The number of anilines is 1. The Hall–Kier alpha value is -3.69. The van der Waals surface area contributed by atoms with Crippen molar-refractivity contribution in [3.05, 3.63) is 95.1 Å². The van der Waals surface area contributed by atoms with Crippen molar-refractivity contribution >= 4 is 32.7 Å². The monoisotopic (exact) mass is 478 g/mol. The number of carbonyl (C=O) groups excluding carboxylic acids is 1. The zero-order valence-electron chi connectivity index (χ0n) is 18.9. The number of fused-ring (bicyclic) bond motifs is 1. The molecule has 0 atom stereocenters. The number of nitrogens with one attached hydrogen (secondary N) is 1. The second-order valence-corrected chi connectivity index (χ2v) is 9.99. The lowest BCUT2D eigenvalue weighted by Crippen LogP contribution is -2.26. The molecule has 0 aliphatic heterocycles. The van der Waals surface area contributed by atoms with Crippen molar-refractivity contribution in [3.8, 4) is 0 Å². The summed E-state index contributed by atoms with van der Waals surface area (Å²) in [5.41, 5.74) is 3.16. The van der Waals surface area contributed by atoms with Gasteiger partial charge >= 0.3 is 0 Å². The molecule has 34 heavy (non-hydrogen) atoms. The minimum atomic E-state index is -3.73. The Labute approximate surface area is 197 Å². The van der Waals surface area contributed by atoms with E-state index in [0.29, 0.717) is 22.6 Å². The van der Waals surface area contributed by atoms with Crippen molar-refractivity contribution in [1.82, 2.24) is 14.3 Å². The van der Waals surface area contributed by atoms with E-state index in [1.165, 1.54) is 41.7 Å². The molecule has 4 aromatic rings. The van der Waals surface area contributed by atoms with Gasteiger partial charge in [0.1, 0.15) is 11.3 Å². The van der Waals surface area contributed by atoms with Gasteiger partial charge in [0.2, 0.25) is 10.0 Å². The summed E-state index contributed by atoms with van der Waals surface area (Å²) in [6.07, 6.45) is 0. The Morgan fingerprint density at radius 1 is 0.971 bits per heavy atom. The fraction of sp³-hybridized carbons (Fsp3) is 0.160. The second kappa shape index (κ2) is 9.28. The van der Waals surface area contributed by atoms with Crippen molar-refractivity contribution in [3.63, 3.8) is 0 Å². The van der Waals surface area contributed by atoms with E-state index in [1.54, 1.807) is 13.8 Å². The molecule has 0 spiro atoms. The molecule has 0 saturated heterocycles. The number of benzene rings is 3. The van der Waals surface area contributed by atoms with Gasteiger partial charge in [-0.3, -0.25) is 4.79 Å². The molecular weight excluding hydrogens is 455 g/mol. The molecule has 0 aliphatic carbocycles. The molecule has 1 N–H and O–H groups in total. The molecule has 9 heteroatoms. The van der Waals surface area contributed by atoms with Crippen LogP contribution >= 0.6 is 0 Å². The molecular formula is C25H23FN4O3S. The van der Waals surface area contributed by atoms with Gasteiger partial charge in [0, 0.05) is 25.3 Å². The maximum atomic E-state index is 14.1. The van der Waals surface area contributed by atoms with Gasteiger partial charge in [0.15, 0.2) is 0 Å². The summed E-state index contributed by atoms with van der Waals surface area (Å²) >= 11 is 0. The number of amides is 1. The maximum absolute atomic E-state index is 14.1. The highest BCUT2D eigenvalue weighted by Crippen LogP contribution is 2.22. The van der Waals surface area contributed by atoms with Crippen LogP contribution in [0.25, 0.3) is 11.0 Å². The number of sulfonamides is 1. The van der Waals surface area contributed by atoms with Crippen LogP contribution in [0.5, 0.6) is 0 Å². The van der Waals surface area contributed by atoms with Crippen molar-refractivity contribution in [2.45, 2.75) is 25.3 Å². The third kappa shape index (κ3) is 4.80. The number of halogens is 1. The highest BCUT2D eigenvalue weighted by Gasteiger charge is 2.21. The first-order chi connectivity index (χ1) is 16.1. The number of aromatic nitrogens is 2. The number of nitrogens with zero attached hydrogens (tertiary/aromatic N) is 3. The minimum Gasteiger partial charge on any atom is -0.322 e. The molecule has 0 unspecified atom stereocenters. The number of carbonyl (C=O) groups is 1. The van der Waals surface area contributed by atoms with Crippen LogP contribution in [0.3, 0.4) is 0 Å². The summed E-state index contributed by atoms with van der Waals surface area (Å²) in [6.45, 7) is 3.76. The fourth-order valence-corrected chi connectivity index (χ4v) is 4.64. The fourth-order valence-electron chi connectivity index (χ4n) is 3.48. The first kappa shape index (κ1) is 23.5. The van der Waals surface area contributed by atoms with Gasteiger partial charge in [-0.25, -0.2) is 22.8 Å². The van der Waals surface area contributed by atoms with Crippen molar-refractivity contribution in [2.24, 2.45) is 0 Å². The lowest BCUT2D eigenvalue weighted by Gasteiger charge is -2.17. The van der Waals surface area contributed by atoms with Crippen LogP contribution < -0.4 is 5.32 Å². The Balaban J connectivity index is 1.55. The van der Waals surface area contributed by atoms with Crippen LogP contribution in [0.4, 0.5) is 10.1 Å². The molecule has 1 amide bonds. The van der Waals surface area contributed by atoms with Crippen molar-refractivity contribution in [1.29, 1.82) is 0 Å². The van der Waals surface area contributed by atoms with Crippen molar-refractivity contribution in [2.75, 3.05) is 12.4 Å². The van der Waals surface area contributed by atoms with E-state index in [1.807, 2.05) is 30.3 Å². The van der Waals surface area contributed by atoms with E-state index in [-0.39, 0.29) is 22.5 Å². The van der Waals surface area contributed by atoms with Crippen LogP contribution in [0.2, 0.25) is 0 Å². The van der Waals surface area contributed by atoms with Crippen LogP contribution in [0.1, 0.15) is 27.3 Å². The smallest absolute Gasteiger partial charge is 0.258 e. The molecule has 3 aromatic carbocycles. The van der Waals surface area contributed by atoms with Crippen molar-refractivity contribution < 1.29 is 17.6 Å². The highest BCUT2D eigenvalue weighted by atomic mass is 32.2. The Morgan fingerprint density at radius 3 is 2.29 bits per heavy atom. The molecule has 174 valence electrons. The number of hydrogen-bond acceptors (Lipinski definition) is 5. The lowest BCUT2D eigenvalue weighted by atomic mass is 10.1. The minimum absolute atomic E-state index is 0.0462. The highest BCUT2D eigenvalue weighted by molar-refractivity contribution is 7.89. The number of hydrogen-bond donors (Lipinski definition) is 1. The summed E-state index contributed by atoms with van der Waals surface area (Å²) in [7, 11) is -2.21. The molecule has 0 fully saturated rings. The van der Waals surface area contributed by atoms with E-state index >= 15 is 0 Å². The summed E-state index contributed by atoms with van der Waals surface area (Å²) in [4.78, 5) is 21.7. The third-order valence-electron chi connectivity index (χ3n) is 5.46. The van der Waals surface area contributed by atoms with Crippen LogP contribution in [0, 0.1) is 19.7 Å². The summed E-state index contributed by atoms with van der Waals surface area (Å²) in [5.74, 6) is -1.17. The Kier molecular flexibility index (Phi) is 6.41. The first-order valence-corrected chi connectivity index (χ1v) is 12.0. The third-order valence-corrected chi connectivity index (χ3v) is 7.28. The van der Waals surface area contributed by atoms with Crippen LogP contribution in [0.15, 0.2) is 71.6 Å². The number of rotatable bonds is 6. The van der Waals surface area contributed by atoms with Gasteiger partial charge in [-0.15, -0.1) is 0 Å². The van der Waals surface area contributed by atoms with Gasteiger partial charge in [-0.1, -0.05) is 30.3 Å². The van der Waals surface area contributed by atoms with Gasteiger partial charge < -0.3 is 5.32 Å². The average Bonchev–Trinajstić information content (AvgIpc) is 2.80. The van der Waals surface area contributed by atoms with E-state index in [0.717, 1.165) is 11.6 Å². The zero-order valence-corrected chi connectivity index (χ0v) is 19.7. The zero-order chi connectivity index (χ0) is 24.5. The van der Waals surface area contributed by atoms with Gasteiger partial charge in [0.05, 0.1) is 27.4 Å². The maximum Gasteiger partial charge on any atom is 0.258 e. The number of aryl methyl sites for hydroxylation is 2. The Bertz CT molecular complexity index is 1470. The molecule has 1 aromatic heterocycles. The van der Waals surface area contributed by atoms with E-state index in [2.05, 4.69) is 15.3 Å². The molecule has 0 bridgehead atoms. The summed E-state index contributed by atoms with van der Waals surface area (Å²) in [5, 5.41) is 2.68. The Morgan fingerprint density at radius 2 is 1.62 bits per heavy atom. The average molecular weight is 479 g/mol. The van der Waals surface area contributed by atoms with E-state index in [4.69, 9.17) is 0 Å². The van der Waals surface area contributed by atoms with E-state index in [9.17, 15) is 17.6 Å². The van der Waals surface area contributed by atoms with Crippen LogP contribution in [-0.2, 0) is 16.6 Å². The SMILES string of the molecule is Cc1nc2cc(F)cc(C(=O)Nc3ccc(S(=O)(=O)N(C)Cc4ccccc4)cc3)c2nc1C. The molecule has 4 rings (SSSR count). The van der Waals surface area contributed by atoms with Gasteiger partial charge in [0.25, 0.3) is 5.91 Å². The first-order valence-electron chi connectivity index (χ1n) is 10.5. The predicted octanol–water partition coefficient (Wildman–Crippen LogP) is 4.46. The molecule has 7 nitrogen and oxygen atoms in total. The molecule has 0 radical (unpaired) electrons.